The molecule has 1 atom stereocenters. The van der Waals surface area contributed by atoms with E-state index in [4.69, 9.17) is 5.73 Å². The van der Waals surface area contributed by atoms with Gasteiger partial charge in [0.2, 0.25) is 5.91 Å². The van der Waals surface area contributed by atoms with Crippen molar-refractivity contribution < 1.29 is 9.59 Å². The zero-order valence-electron chi connectivity index (χ0n) is 11.2. The number of nitrogens with one attached hydrogen (secondary N) is 2. The monoisotopic (exact) mass is 256 g/mol. The minimum absolute atomic E-state index is 0.301. The van der Waals surface area contributed by atoms with E-state index in [0.717, 1.165) is 38.9 Å². The lowest BCUT2D eigenvalue weighted by Gasteiger charge is -2.35. The Morgan fingerprint density at radius 1 is 1.39 bits per heavy atom. The molecule has 0 bridgehead atoms. The molecule has 0 radical (unpaired) electrons. The number of carbonyl (C=O) groups is 2. The van der Waals surface area contributed by atoms with Gasteiger partial charge in [0.05, 0.1) is 6.04 Å². The lowest BCUT2D eigenvalue weighted by atomic mass is 10.0. The average Bonchev–Trinajstić information content (AvgIpc) is 2.35. The summed E-state index contributed by atoms with van der Waals surface area (Å²) in [5.41, 5.74) is 4.94. The number of amides is 3. The fraction of sp³-hybridized carbons (Fsp3) is 0.833. The number of likely N-dealkylation sites (tertiary alicyclic amines) is 1. The number of carbonyl (C=O) groups excluding carboxylic acids is 2. The van der Waals surface area contributed by atoms with Crippen molar-refractivity contribution in [3.63, 3.8) is 0 Å². The van der Waals surface area contributed by atoms with Crippen LogP contribution >= 0.6 is 0 Å². The molecule has 0 saturated carbocycles. The van der Waals surface area contributed by atoms with Crippen LogP contribution in [0.3, 0.4) is 0 Å². The van der Waals surface area contributed by atoms with Crippen molar-refractivity contribution in [2.45, 2.75) is 45.2 Å². The van der Waals surface area contributed by atoms with Crippen LogP contribution in [-0.2, 0) is 4.79 Å². The Bertz CT molecular complexity index is 288. The Morgan fingerprint density at radius 3 is 2.50 bits per heavy atom. The van der Waals surface area contributed by atoms with Crippen molar-refractivity contribution in [2.24, 2.45) is 5.73 Å². The second-order valence-corrected chi connectivity index (χ2v) is 4.79. The summed E-state index contributed by atoms with van der Waals surface area (Å²) in [5, 5.41) is 5.62. The number of hydrogen-bond acceptors (Lipinski definition) is 4. The van der Waals surface area contributed by atoms with Crippen molar-refractivity contribution >= 4 is 11.9 Å². The lowest BCUT2D eigenvalue weighted by Crippen LogP contribution is -2.52. The van der Waals surface area contributed by atoms with Gasteiger partial charge in [-0.1, -0.05) is 6.92 Å². The summed E-state index contributed by atoms with van der Waals surface area (Å²) >= 11 is 0. The molecule has 1 unspecified atom stereocenters. The van der Waals surface area contributed by atoms with Crippen LogP contribution in [0.15, 0.2) is 0 Å². The molecule has 0 aromatic carbocycles. The van der Waals surface area contributed by atoms with Crippen molar-refractivity contribution in [1.82, 2.24) is 15.5 Å². The number of rotatable bonds is 5. The molecule has 1 heterocycles. The first kappa shape index (κ1) is 14.9. The molecular formula is C12H24N4O2. The first-order chi connectivity index (χ1) is 8.54. The van der Waals surface area contributed by atoms with Gasteiger partial charge in [-0.2, -0.15) is 0 Å². The maximum absolute atomic E-state index is 11.6. The quantitative estimate of drug-likeness (QED) is 0.648. The fourth-order valence-corrected chi connectivity index (χ4v) is 2.23. The Kier molecular flexibility index (Phi) is 6.07. The Balaban J connectivity index is 2.33. The van der Waals surface area contributed by atoms with Gasteiger partial charge in [-0.3, -0.25) is 15.0 Å². The molecule has 1 saturated heterocycles. The molecule has 1 aliphatic heterocycles. The maximum Gasteiger partial charge on any atom is 0.318 e. The summed E-state index contributed by atoms with van der Waals surface area (Å²) in [5.74, 6) is -0.317. The van der Waals surface area contributed by atoms with E-state index >= 15 is 0 Å². The predicted octanol–water partition coefficient (Wildman–Crippen LogP) is 0.0338. The highest BCUT2D eigenvalue weighted by Gasteiger charge is 2.26. The van der Waals surface area contributed by atoms with Gasteiger partial charge in [-0.05, 0) is 32.7 Å². The van der Waals surface area contributed by atoms with Crippen LogP contribution in [0, 0.1) is 0 Å². The SMILES string of the molecule is CCCNC1CCN(C(C)C(=O)NC(N)=O)CC1. The zero-order chi connectivity index (χ0) is 13.5. The van der Waals surface area contributed by atoms with Crippen LogP contribution in [0.5, 0.6) is 0 Å². The summed E-state index contributed by atoms with van der Waals surface area (Å²) in [4.78, 5) is 24.4. The predicted molar refractivity (Wildman–Crippen MR) is 70.1 cm³/mol. The minimum Gasteiger partial charge on any atom is -0.351 e. The smallest absolute Gasteiger partial charge is 0.318 e. The van der Waals surface area contributed by atoms with Crippen LogP contribution in [-0.4, -0.2) is 48.6 Å². The maximum atomic E-state index is 11.6. The molecule has 18 heavy (non-hydrogen) atoms. The first-order valence-electron chi connectivity index (χ1n) is 6.62. The molecule has 6 nitrogen and oxygen atoms in total. The number of primary amides is 1. The molecule has 0 aliphatic carbocycles. The van der Waals surface area contributed by atoms with Crippen LogP contribution in [0.25, 0.3) is 0 Å². The van der Waals surface area contributed by atoms with E-state index in [0.29, 0.717) is 6.04 Å². The fourth-order valence-electron chi connectivity index (χ4n) is 2.23. The van der Waals surface area contributed by atoms with Crippen LogP contribution in [0.4, 0.5) is 4.79 Å². The number of piperidine rings is 1. The second kappa shape index (κ2) is 7.33. The van der Waals surface area contributed by atoms with Crippen molar-refractivity contribution in [3.05, 3.63) is 0 Å². The lowest BCUT2D eigenvalue weighted by molar-refractivity contribution is -0.125. The van der Waals surface area contributed by atoms with Gasteiger partial charge in [0.1, 0.15) is 0 Å². The third kappa shape index (κ3) is 4.62. The topological polar surface area (TPSA) is 87.5 Å². The van der Waals surface area contributed by atoms with E-state index in [1.807, 2.05) is 0 Å². The highest BCUT2D eigenvalue weighted by atomic mass is 16.2. The molecule has 6 heteroatoms. The van der Waals surface area contributed by atoms with E-state index in [2.05, 4.69) is 22.5 Å². The summed E-state index contributed by atoms with van der Waals surface area (Å²) < 4.78 is 0. The molecule has 104 valence electrons. The van der Waals surface area contributed by atoms with E-state index in [1.54, 1.807) is 6.92 Å². The van der Waals surface area contributed by atoms with E-state index in [9.17, 15) is 9.59 Å². The summed E-state index contributed by atoms with van der Waals surface area (Å²) in [6.45, 7) is 6.74. The number of nitrogens with two attached hydrogens (primary N) is 1. The summed E-state index contributed by atoms with van der Waals surface area (Å²) in [6.07, 6.45) is 3.21. The Morgan fingerprint density at radius 2 is 2.00 bits per heavy atom. The van der Waals surface area contributed by atoms with Gasteiger partial charge in [0, 0.05) is 19.1 Å². The van der Waals surface area contributed by atoms with Crippen LogP contribution in [0.1, 0.15) is 33.1 Å². The molecule has 1 rings (SSSR count). The Hall–Kier alpha value is -1.14. The Labute approximate surface area is 108 Å². The molecule has 0 aromatic rings. The van der Waals surface area contributed by atoms with E-state index in [-0.39, 0.29) is 11.9 Å². The number of hydrogen-bond donors (Lipinski definition) is 3. The van der Waals surface area contributed by atoms with Crippen LogP contribution in [0.2, 0.25) is 0 Å². The summed E-state index contributed by atoms with van der Waals surface area (Å²) in [6, 6.07) is -0.538. The summed E-state index contributed by atoms with van der Waals surface area (Å²) in [7, 11) is 0. The highest BCUT2D eigenvalue weighted by molar-refractivity contribution is 5.96. The highest BCUT2D eigenvalue weighted by Crippen LogP contribution is 2.13. The normalized spacial score (nSPS) is 19.4. The second-order valence-electron chi connectivity index (χ2n) is 4.79. The first-order valence-corrected chi connectivity index (χ1v) is 6.62. The van der Waals surface area contributed by atoms with Gasteiger partial charge in [0.25, 0.3) is 0 Å². The van der Waals surface area contributed by atoms with Gasteiger partial charge < -0.3 is 11.1 Å². The standard InChI is InChI=1S/C12H24N4O2/c1-3-6-14-10-4-7-16(8-5-10)9(2)11(17)15-12(13)18/h9-10,14H,3-8H2,1-2H3,(H3,13,15,17,18). The number of nitrogens with zero attached hydrogens (tertiary/aromatic N) is 1. The van der Waals surface area contributed by atoms with Gasteiger partial charge in [0.15, 0.2) is 0 Å². The van der Waals surface area contributed by atoms with Crippen molar-refractivity contribution in [2.75, 3.05) is 19.6 Å². The average molecular weight is 256 g/mol. The van der Waals surface area contributed by atoms with Crippen molar-refractivity contribution in [1.29, 1.82) is 0 Å². The van der Waals surface area contributed by atoms with Crippen molar-refractivity contribution in [3.8, 4) is 0 Å². The minimum atomic E-state index is -0.786. The molecule has 4 N–H and O–H groups in total. The molecule has 0 aromatic heterocycles. The molecule has 0 spiro atoms. The van der Waals surface area contributed by atoms with E-state index < -0.39 is 6.03 Å². The molecule has 1 aliphatic rings. The molecule has 3 amide bonds. The number of imide groups is 1. The third-order valence-electron chi connectivity index (χ3n) is 3.39. The third-order valence-corrected chi connectivity index (χ3v) is 3.39. The zero-order valence-corrected chi connectivity index (χ0v) is 11.2. The number of urea groups is 1. The largest absolute Gasteiger partial charge is 0.351 e. The molecular weight excluding hydrogens is 232 g/mol. The van der Waals surface area contributed by atoms with Crippen LogP contribution < -0.4 is 16.4 Å². The van der Waals surface area contributed by atoms with Gasteiger partial charge in [-0.25, -0.2) is 4.79 Å². The molecule has 1 fully saturated rings. The van der Waals surface area contributed by atoms with E-state index in [1.165, 1.54) is 0 Å². The van der Waals surface area contributed by atoms with Gasteiger partial charge >= 0.3 is 6.03 Å². The van der Waals surface area contributed by atoms with Gasteiger partial charge in [-0.15, -0.1) is 0 Å².